The SMILES string of the molecule is COc1ccc(S(=O)(=O)N2CCn3cccc3[C@@H]2c2ccc(F)cc2)cc1C. The van der Waals surface area contributed by atoms with Crippen LogP contribution < -0.4 is 4.74 Å². The van der Waals surface area contributed by atoms with E-state index in [-0.39, 0.29) is 10.7 Å². The van der Waals surface area contributed by atoms with Gasteiger partial charge in [-0.2, -0.15) is 4.31 Å². The molecule has 3 aromatic rings. The highest BCUT2D eigenvalue weighted by Gasteiger charge is 2.37. The van der Waals surface area contributed by atoms with Crippen molar-refractivity contribution < 1.29 is 17.5 Å². The van der Waals surface area contributed by atoms with Gasteiger partial charge in [0.1, 0.15) is 11.6 Å². The number of sulfonamides is 1. The van der Waals surface area contributed by atoms with E-state index in [0.29, 0.717) is 18.8 Å². The fourth-order valence-electron chi connectivity index (χ4n) is 3.75. The van der Waals surface area contributed by atoms with Crippen LogP contribution in [0.15, 0.2) is 65.7 Å². The second kappa shape index (κ2) is 7.07. The van der Waals surface area contributed by atoms with Gasteiger partial charge in [0.05, 0.1) is 18.0 Å². The zero-order valence-electron chi connectivity index (χ0n) is 15.7. The summed E-state index contributed by atoms with van der Waals surface area (Å²) < 4.78 is 49.3. The first-order valence-corrected chi connectivity index (χ1v) is 10.4. The molecular formula is C21H21FN2O3S. The van der Waals surface area contributed by atoms with Crippen LogP contribution in [0.2, 0.25) is 0 Å². The molecule has 1 aliphatic rings. The van der Waals surface area contributed by atoms with Crippen LogP contribution in [-0.2, 0) is 16.6 Å². The number of hydrogen-bond acceptors (Lipinski definition) is 3. The monoisotopic (exact) mass is 400 g/mol. The third-order valence-electron chi connectivity index (χ3n) is 5.15. The largest absolute Gasteiger partial charge is 0.496 e. The van der Waals surface area contributed by atoms with Crippen molar-refractivity contribution >= 4 is 10.0 Å². The number of rotatable bonds is 4. The van der Waals surface area contributed by atoms with Gasteiger partial charge >= 0.3 is 0 Å². The third kappa shape index (κ3) is 3.10. The van der Waals surface area contributed by atoms with Crippen molar-refractivity contribution in [3.8, 4) is 5.75 Å². The van der Waals surface area contributed by atoms with Gasteiger partial charge < -0.3 is 9.30 Å². The van der Waals surface area contributed by atoms with Crippen LogP contribution in [0.1, 0.15) is 22.9 Å². The molecular weight excluding hydrogens is 379 g/mol. The fourth-order valence-corrected chi connectivity index (χ4v) is 5.42. The summed E-state index contributed by atoms with van der Waals surface area (Å²) in [6.45, 7) is 2.71. The van der Waals surface area contributed by atoms with E-state index in [1.807, 2.05) is 29.8 Å². The zero-order chi connectivity index (χ0) is 19.9. The van der Waals surface area contributed by atoms with Crippen molar-refractivity contribution in [3.63, 3.8) is 0 Å². The minimum Gasteiger partial charge on any atom is -0.496 e. The summed E-state index contributed by atoms with van der Waals surface area (Å²) in [4.78, 5) is 0.220. The Kier molecular flexibility index (Phi) is 4.72. The molecule has 0 radical (unpaired) electrons. The molecule has 0 N–H and O–H groups in total. The van der Waals surface area contributed by atoms with E-state index in [1.54, 1.807) is 37.4 Å². The number of methoxy groups -OCH3 is 1. The molecule has 0 aliphatic carbocycles. The average molecular weight is 400 g/mol. The van der Waals surface area contributed by atoms with Gasteiger partial charge in [-0.15, -0.1) is 0 Å². The number of ether oxygens (including phenoxy) is 1. The van der Waals surface area contributed by atoms with Crippen LogP contribution in [0.25, 0.3) is 0 Å². The molecule has 2 aromatic carbocycles. The second-order valence-corrected chi connectivity index (χ2v) is 8.72. The molecule has 28 heavy (non-hydrogen) atoms. The van der Waals surface area contributed by atoms with Crippen molar-refractivity contribution in [2.45, 2.75) is 24.4 Å². The van der Waals surface area contributed by atoms with Gasteiger partial charge in [0.15, 0.2) is 0 Å². The topological polar surface area (TPSA) is 51.5 Å². The van der Waals surface area contributed by atoms with E-state index >= 15 is 0 Å². The summed E-state index contributed by atoms with van der Waals surface area (Å²) in [6, 6.07) is 14.2. The van der Waals surface area contributed by atoms with Gasteiger partial charge in [0.25, 0.3) is 0 Å². The first-order chi connectivity index (χ1) is 13.4. The summed E-state index contributed by atoms with van der Waals surface area (Å²) in [7, 11) is -2.21. The van der Waals surface area contributed by atoms with E-state index in [9.17, 15) is 12.8 Å². The molecule has 146 valence electrons. The lowest BCUT2D eigenvalue weighted by Gasteiger charge is -2.36. The van der Waals surface area contributed by atoms with Gasteiger partial charge in [0, 0.05) is 25.0 Å². The van der Waals surface area contributed by atoms with E-state index < -0.39 is 16.1 Å². The van der Waals surface area contributed by atoms with E-state index in [2.05, 4.69) is 0 Å². The number of aryl methyl sites for hydroxylation is 1. The van der Waals surface area contributed by atoms with Crippen molar-refractivity contribution in [2.75, 3.05) is 13.7 Å². The number of nitrogens with zero attached hydrogens (tertiary/aromatic N) is 2. The number of aromatic nitrogens is 1. The lowest BCUT2D eigenvalue weighted by atomic mass is 10.0. The van der Waals surface area contributed by atoms with Crippen LogP contribution in [0.5, 0.6) is 5.75 Å². The van der Waals surface area contributed by atoms with Crippen LogP contribution in [0.3, 0.4) is 0 Å². The van der Waals surface area contributed by atoms with Crippen LogP contribution in [0.4, 0.5) is 4.39 Å². The summed E-state index contributed by atoms with van der Waals surface area (Å²) in [5.41, 5.74) is 2.35. The summed E-state index contributed by atoms with van der Waals surface area (Å²) in [5.74, 6) is 0.289. The molecule has 1 atom stereocenters. The number of benzene rings is 2. The van der Waals surface area contributed by atoms with Gasteiger partial charge in [-0.05, 0) is 60.5 Å². The van der Waals surface area contributed by atoms with Gasteiger partial charge in [-0.25, -0.2) is 12.8 Å². The molecule has 1 aliphatic heterocycles. The second-order valence-electron chi connectivity index (χ2n) is 6.83. The van der Waals surface area contributed by atoms with E-state index in [4.69, 9.17) is 4.74 Å². The summed E-state index contributed by atoms with van der Waals surface area (Å²) >= 11 is 0. The molecule has 0 fully saturated rings. The quantitative estimate of drug-likeness (QED) is 0.670. The Balaban J connectivity index is 1.82. The maximum Gasteiger partial charge on any atom is 0.244 e. The molecule has 4 rings (SSSR count). The number of hydrogen-bond donors (Lipinski definition) is 0. The Labute approximate surface area is 164 Å². The van der Waals surface area contributed by atoms with Gasteiger partial charge in [-0.3, -0.25) is 0 Å². The van der Waals surface area contributed by atoms with Crippen LogP contribution in [0, 0.1) is 12.7 Å². The number of fused-ring (bicyclic) bond motifs is 1. The van der Waals surface area contributed by atoms with Crippen LogP contribution >= 0.6 is 0 Å². The average Bonchev–Trinajstić information content (AvgIpc) is 3.16. The third-order valence-corrected chi connectivity index (χ3v) is 7.01. The van der Waals surface area contributed by atoms with Crippen molar-refractivity contribution in [1.82, 2.24) is 8.87 Å². The Morgan fingerprint density at radius 3 is 2.50 bits per heavy atom. The predicted molar refractivity (Wildman–Crippen MR) is 104 cm³/mol. The minimum absolute atomic E-state index is 0.220. The van der Waals surface area contributed by atoms with Gasteiger partial charge in [0.2, 0.25) is 10.0 Å². The van der Waals surface area contributed by atoms with Crippen molar-refractivity contribution in [1.29, 1.82) is 0 Å². The minimum atomic E-state index is -3.77. The Morgan fingerprint density at radius 1 is 1.07 bits per heavy atom. The lowest BCUT2D eigenvalue weighted by Crippen LogP contribution is -2.42. The lowest BCUT2D eigenvalue weighted by molar-refractivity contribution is 0.298. The number of halogens is 1. The standard InChI is InChI=1S/C21H21FN2O3S/c1-15-14-18(9-10-20(15)27-2)28(25,26)24-13-12-23-11-3-4-19(23)21(24)16-5-7-17(22)8-6-16/h3-11,14,21H,12-13H2,1-2H3/t21-/m0/s1. The molecule has 5 nitrogen and oxygen atoms in total. The highest BCUT2D eigenvalue weighted by molar-refractivity contribution is 7.89. The highest BCUT2D eigenvalue weighted by atomic mass is 32.2. The molecule has 7 heteroatoms. The van der Waals surface area contributed by atoms with Crippen LogP contribution in [-0.4, -0.2) is 30.9 Å². The van der Waals surface area contributed by atoms with Gasteiger partial charge in [-0.1, -0.05) is 12.1 Å². The fraction of sp³-hybridized carbons (Fsp3) is 0.238. The zero-order valence-corrected chi connectivity index (χ0v) is 16.5. The molecule has 0 amide bonds. The van der Waals surface area contributed by atoms with E-state index in [0.717, 1.165) is 16.8 Å². The summed E-state index contributed by atoms with van der Waals surface area (Å²) in [6.07, 6.45) is 1.94. The first-order valence-electron chi connectivity index (χ1n) is 8.99. The highest BCUT2D eigenvalue weighted by Crippen LogP contribution is 2.37. The summed E-state index contributed by atoms with van der Waals surface area (Å²) in [5, 5.41) is 0. The normalized spacial score (nSPS) is 17.3. The smallest absolute Gasteiger partial charge is 0.244 e. The molecule has 0 bridgehead atoms. The molecule has 1 aromatic heterocycles. The Morgan fingerprint density at radius 2 is 1.82 bits per heavy atom. The predicted octanol–water partition coefficient (Wildman–Crippen LogP) is 3.74. The van der Waals surface area contributed by atoms with Crippen molar-refractivity contribution in [3.05, 3.63) is 83.4 Å². The Hall–Kier alpha value is -2.64. The molecule has 0 spiro atoms. The first kappa shape index (κ1) is 18.7. The Bertz CT molecular complexity index is 1110. The van der Waals surface area contributed by atoms with Crippen molar-refractivity contribution in [2.24, 2.45) is 0 Å². The van der Waals surface area contributed by atoms with E-state index in [1.165, 1.54) is 16.4 Å². The molecule has 2 heterocycles. The molecule has 0 saturated heterocycles. The maximum absolute atomic E-state index is 13.5. The molecule has 0 saturated carbocycles. The molecule has 0 unspecified atom stereocenters. The maximum atomic E-state index is 13.5.